The van der Waals surface area contributed by atoms with E-state index >= 15 is 0 Å². The van der Waals surface area contributed by atoms with E-state index in [-0.39, 0.29) is 17.9 Å². The fourth-order valence-corrected chi connectivity index (χ4v) is 4.11. The van der Waals surface area contributed by atoms with Crippen LogP contribution >= 0.6 is 11.6 Å². The third-order valence-corrected chi connectivity index (χ3v) is 5.63. The second kappa shape index (κ2) is 9.22. The molecule has 1 aliphatic heterocycles. The van der Waals surface area contributed by atoms with Crippen molar-refractivity contribution in [3.63, 3.8) is 0 Å². The average Bonchev–Trinajstić information content (AvgIpc) is 2.72. The Morgan fingerprint density at radius 1 is 1.23 bits per heavy atom. The van der Waals surface area contributed by atoms with Crippen molar-refractivity contribution in [3.05, 3.63) is 70.2 Å². The van der Waals surface area contributed by atoms with Crippen molar-refractivity contribution in [3.8, 4) is 11.8 Å². The van der Waals surface area contributed by atoms with E-state index in [0.29, 0.717) is 30.1 Å². The number of benzene rings is 2. The third-order valence-electron chi connectivity index (χ3n) is 5.40. The highest BCUT2D eigenvalue weighted by atomic mass is 35.5. The van der Waals surface area contributed by atoms with E-state index in [1.807, 2.05) is 29.2 Å². The number of piperidine rings is 1. The van der Waals surface area contributed by atoms with Gasteiger partial charge in [0, 0.05) is 34.7 Å². The second-order valence-electron chi connectivity index (χ2n) is 8.68. The fraction of sp³-hybridized carbons (Fsp3) is 0.400. The number of aliphatic hydroxyl groups excluding tert-OH is 1. The standard InChI is InChI=1S/C25H28ClNO3/c1-24(2,30)13-11-19-7-9-21(10-8-19)23(29)27-14-4-12-25(17-27,18-28)16-20-5-3-6-22(26)15-20/h3,5-10,15,28,30H,4,12,14,16-18H2,1-2H3. The molecule has 158 valence electrons. The van der Waals surface area contributed by atoms with E-state index in [4.69, 9.17) is 11.6 Å². The van der Waals surface area contributed by atoms with Crippen molar-refractivity contribution in [1.29, 1.82) is 0 Å². The van der Waals surface area contributed by atoms with Gasteiger partial charge < -0.3 is 15.1 Å². The summed E-state index contributed by atoms with van der Waals surface area (Å²) in [5.41, 5.74) is 0.995. The minimum atomic E-state index is -1.06. The molecule has 2 aromatic rings. The molecule has 5 heteroatoms. The van der Waals surface area contributed by atoms with Crippen LogP contribution in [-0.2, 0) is 6.42 Å². The topological polar surface area (TPSA) is 60.8 Å². The molecule has 0 saturated carbocycles. The lowest BCUT2D eigenvalue weighted by Gasteiger charge is -2.42. The summed E-state index contributed by atoms with van der Waals surface area (Å²) in [5, 5.41) is 20.6. The van der Waals surface area contributed by atoms with E-state index < -0.39 is 5.60 Å². The first kappa shape index (κ1) is 22.4. The summed E-state index contributed by atoms with van der Waals surface area (Å²) in [6.45, 7) is 4.47. The summed E-state index contributed by atoms with van der Waals surface area (Å²) >= 11 is 6.12. The number of carbonyl (C=O) groups excluding carboxylic acids is 1. The van der Waals surface area contributed by atoms with Gasteiger partial charge in [-0.3, -0.25) is 4.79 Å². The first-order valence-corrected chi connectivity index (χ1v) is 10.6. The molecule has 0 radical (unpaired) electrons. The molecule has 30 heavy (non-hydrogen) atoms. The number of amides is 1. The quantitative estimate of drug-likeness (QED) is 0.730. The van der Waals surface area contributed by atoms with Crippen LogP contribution in [0, 0.1) is 17.3 Å². The first-order chi connectivity index (χ1) is 14.2. The summed E-state index contributed by atoms with van der Waals surface area (Å²) in [6.07, 6.45) is 2.40. The van der Waals surface area contributed by atoms with Crippen LogP contribution in [0.25, 0.3) is 0 Å². The summed E-state index contributed by atoms with van der Waals surface area (Å²) < 4.78 is 0. The van der Waals surface area contributed by atoms with Gasteiger partial charge in [-0.2, -0.15) is 0 Å². The lowest BCUT2D eigenvalue weighted by molar-refractivity contribution is 0.0271. The van der Waals surface area contributed by atoms with E-state index in [1.165, 1.54) is 0 Å². The van der Waals surface area contributed by atoms with Crippen molar-refractivity contribution >= 4 is 17.5 Å². The number of nitrogens with zero attached hydrogens (tertiary/aromatic N) is 1. The van der Waals surface area contributed by atoms with Gasteiger partial charge in [-0.25, -0.2) is 0 Å². The maximum absolute atomic E-state index is 13.1. The van der Waals surface area contributed by atoms with Gasteiger partial charge in [0.1, 0.15) is 5.60 Å². The normalized spacial score (nSPS) is 19.2. The molecule has 1 unspecified atom stereocenters. The molecular weight excluding hydrogens is 398 g/mol. The van der Waals surface area contributed by atoms with Crippen molar-refractivity contribution < 1.29 is 15.0 Å². The lowest BCUT2D eigenvalue weighted by atomic mass is 9.75. The van der Waals surface area contributed by atoms with E-state index in [0.717, 1.165) is 24.0 Å². The van der Waals surface area contributed by atoms with Gasteiger partial charge in [-0.15, -0.1) is 0 Å². The number of hydrogen-bond acceptors (Lipinski definition) is 3. The van der Waals surface area contributed by atoms with Crippen molar-refractivity contribution in [1.82, 2.24) is 4.90 Å². The van der Waals surface area contributed by atoms with Crippen molar-refractivity contribution in [2.75, 3.05) is 19.7 Å². The Balaban J connectivity index is 1.73. The predicted molar refractivity (Wildman–Crippen MR) is 119 cm³/mol. The molecule has 0 spiro atoms. The zero-order valence-corrected chi connectivity index (χ0v) is 18.2. The predicted octanol–water partition coefficient (Wildman–Crippen LogP) is 3.92. The molecule has 1 heterocycles. The van der Waals surface area contributed by atoms with Gasteiger partial charge in [0.05, 0.1) is 6.61 Å². The Morgan fingerprint density at radius 3 is 2.60 bits per heavy atom. The van der Waals surface area contributed by atoms with Gasteiger partial charge >= 0.3 is 0 Å². The van der Waals surface area contributed by atoms with Crippen LogP contribution in [0.4, 0.5) is 0 Å². The minimum Gasteiger partial charge on any atom is -0.396 e. The Morgan fingerprint density at radius 2 is 1.97 bits per heavy atom. The molecule has 1 amide bonds. The number of rotatable bonds is 4. The number of halogens is 1. The summed E-state index contributed by atoms with van der Waals surface area (Å²) in [6, 6.07) is 14.8. The Bertz CT molecular complexity index is 953. The molecule has 0 bridgehead atoms. The number of likely N-dealkylation sites (tertiary alicyclic amines) is 1. The molecule has 2 N–H and O–H groups in total. The largest absolute Gasteiger partial charge is 0.396 e. The van der Waals surface area contributed by atoms with Crippen LogP contribution in [0.1, 0.15) is 48.2 Å². The highest BCUT2D eigenvalue weighted by Gasteiger charge is 2.37. The van der Waals surface area contributed by atoms with Crippen LogP contribution in [0.15, 0.2) is 48.5 Å². The van der Waals surface area contributed by atoms with Crippen LogP contribution in [0.3, 0.4) is 0 Å². The maximum Gasteiger partial charge on any atom is 0.253 e. The molecule has 1 atom stereocenters. The minimum absolute atomic E-state index is 0.0226. The molecule has 4 nitrogen and oxygen atoms in total. The molecule has 2 aromatic carbocycles. The first-order valence-electron chi connectivity index (χ1n) is 10.2. The van der Waals surface area contributed by atoms with E-state index in [1.54, 1.807) is 38.1 Å². The van der Waals surface area contributed by atoms with Crippen LogP contribution < -0.4 is 0 Å². The Hall–Kier alpha value is -2.32. The zero-order chi connectivity index (χ0) is 21.8. The third kappa shape index (κ3) is 5.86. The van der Waals surface area contributed by atoms with Crippen LogP contribution in [0.5, 0.6) is 0 Å². The summed E-state index contributed by atoms with van der Waals surface area (Å²) in [4.78, 5) is 14.9. The smallest absolute Gasteiger partial charge is 0.253 e. The number of aliphatic hydroxyl groups is 2. The molecule has 0 aliphatic carbocycles. The fourth-order valence-electron chi connectivity index (χ4n) is 3.89. The van der Waals surface area contributed by atoms with Crippen molar-refractivity contribution in [2.24, 2.45) is 5.41 Å². The number of hydrogen-bond donors (Lipinski definition) is 2. The van der Waals surface area contributed by atoms with E-state index in [2.05, 4.69) is 11.8 Å². The molecule has 1 aliphatic rings. The monoisotopic (exact) mass is 425 g/mol. The Kier molecular flexibility index (Phi) is 6.88. The molecular formula is C25H28ClNO3. The SMILES string of the molecule is CC(C)(O)C#Cc1ccc(C(=O)N2CCCC(CO)(Cc3cccc(Cl)c3)C2)cc1. The average molecular weight is 426 g/mol. The van der Waals surface area contributed by atoms with Gasteiger partial charge in [0.2, 0.25) is 0 Å². The van der Waals surface area contributed by atoms with E-state index in [9.17, 15) is 15.0 Å². The van der Waals surface area contributed by atoms with Gasteiger partial charge in [-0.1, -0.05) is 35.6 Å². The molecule has 0 aromatic heterocycles. The zero-order valence-electron chi connectivity index (χ0n) is 17.5. The molecule has 1 fully saturated rings. The highest BCUT2D eigenvalue weighted by molar-refractivity contribution is 6.30. The maximum atomic E-state index is 13.1. The van der Waals surface area contributed by atoms with Gasteiger partial charge in [0.15, 0.2) is 0 Å². The lowest BCUT2D eigenvalue weighted by Crippen LogP contribution is -2.49. The molecule has 3 rings (SSSR count). The number of carbonyl (C=O) groups is 1. The summed E-state index contributed by atoms with van der Waals surface area (Å²) in [5.74, 6) is 5.64. The van der Waals surface area contributed by atoms with Crippen LogP contribution in [-0.4, -0.2) is 46.3 Å². The van der Waals surface area contributed by atoms with Crippen LogP contribution in [0.2, 0.25) is 5.02 Å². The Labute approximate surface area is 183 Å². The van der Waals surface area contributed by atoms with Gasteiger partial charge in [0.25, 0.3) is 5.91 Å². The summed E-state index contributed by atoms with van der Waals surface area (Å²) in [7, 11) is 0. The highest BCUT2D eigenvalue weighted by Crippen LogP contribution is 2.34. The van der Waals surface area contributed by atoms with Crippen molar-refractivity contribution in [2.45, 2.75) is 38.7 Å². The second-order valence-corrected chi connectivity index (χ2v) is 9.12. The van der Waals surface area contributed by atoms with Gasteiger partial charge in [-0.05, 0) is 75.1 Å². The molecule has 1 saturated heterocycles.